The number of benzene rings is 2. The lowest BCUT2D eigenvalue weighted by Gasteiger charge is -2.33. The van der Waals surface area contributed by atoms with Crippen molar-refractivity contribution in [3.8, 4) is 11.5 Å². The maximum absolute atomic E-state index is 6.11. The molecule has 1 fully saturated rings. The molecule has 3 nitrogen and oxygen atoms in total. The highest BCUT2D eigenvalue weighted by atomic mass is 16.5. The van der Waals surface area contributed by atoms with Crippen LogP contribution in [0.5, 0.6) is 11.5 Å². The van der Waals surface area contributed by atoms with Gasteiger partial charge >= 0.3 is 0 Å². The molecule has 0 spiro atoms. The zero-order chi connectivity index (χ0) is 14.5. The molecule has 110 valence electrons. The fourth-order valence-corrected chi connectivity index (χ4v) is 2.77. The van der Waals surface area contributed by atoms with Crippen LogP contribution in [-0.4, -0.2) is 26.3 Å². The van der Waals surface area contributed by atoms with E-state index in [9.17, 15) is 0 Å². The first-order valence-electron chi connectivity index (χ1n) is 7.46. The summed E-state index contributed by atoms with van der Waals surface area (Å²) in [7, 11) is 1.68. The van der Waals surface area contributed by atoms with Gasteiger partial charge in [-0.25, -0.2) is 0 Å². The van der Waals surface area contributed by atoms with Crippen molar-refractivity contribution in [2.45, 2.75) is 18.9 Å². The molecular formula is C18H21NO2. The predicted molar refractivity (Wildman–Crippen MR) is 85.3 cm³/mol. The maximum Gasteiger partial charge on any atom is 0.161 e. The Morgan fingerprint density at radius 3 is 2.14 bits per heavy atom. The fraction of sp³-hybridized carbons (Fsp3) is 0.333. The van der Waals surface area contributed by atoms with Crippen LogP contribution in [-0.2, 0) is 0 Å². The lowest BCUT2D eigenvalue weighted by molar-refractivity contribution is 0.164. The van der Waals surface area contributed by atoms with Crippen LogP contribution in [0.4, 0.5) is 5.69 Å². The van der Waals surface area contributed by atoms with Crippen LogP contribution in [0.3, 0.4) is 0 Å². The van der Waals surface area contributed by atoms with Crippen LogP contribution in [0.25, 0.3) is 0 Å². The van der Waals surface area contributed by atoms with E-state index in [1.54, 1.807) is 7.11 Å². The minimum absolute atomic E-state index is 0.265. The quantitative estimate of drug-likeness (QED) is 0.853. The van der Waals surface area contributed by atoms with Crippen LogP contribution in [0, 0.1) is 0 Å². The minimum Gasteiger partial charge on any atom is -0.493 e. The summed E-state index contributed by atoms with van der Waals surface area (Å²) in [5.41, 5.74) is 1.30. The normalized spacial score (nSPS) is 15.8. The summed E-state index contributed by atoms with van der Waals surface area (Å²) in [6.45, 7) is 2.06. The molecule has 3 rings (SSSR count). The van der Waals surface area contributed by atoms with E-state index in [4.69, 9.17) is 9.47 Å². The number of para-hydroxylation sites is 3. The van der Waals surface area contributed by atoms with Gasteiger partial charge in [-0.15, -0.1) is 0 Å². The predicted octanol–water partition coefficient (Wildman–Crippen LogP) is 3.74. The highest BCUT2D eigenvalue weighted by molar-refractivity contribution is 5.46. The Morgan fingerprint density at radius 1 is 0.857 bits per heavy atom. The Balaban J connectivity index is 1.59. The standard InChI is InChI=1S/C18H21NO2/c1-20-17-9-5-6-10-18(17)21-16-11-13-19(14-12-16)15-7-3-2-4-8-15/h2-10,16H,11-14H2,1H3. The van der Waals surface area contributed by atoms with Gasteiger partial charge in [0.25, 0.3) is 0 Å². The van der Waals surface area contributed by atoms with E-state index in [0.29, 0.717) is 0 Å². The molecule has 1 aliphatic rings. The molecule has 0 saturated carbocycles. The molecule has 0 radical (unpaired) electrons. The van der Waals surface area contributed by atoms with Crippen molar-refractivity contribution in [1.29, 1.82) is 0 Å². The van der Waals surface area contributed by atoms with Crippen molar-refractivity contribution in [3.63, 3.8) is 0 Å². The van der Waals surface area contributed by atoms with Gasteiger partial charge in [0.05, 0.1) is 7.11 Å². The second-order valence-corrected chi connectivity index (χ2v) is 5.29. The molecule has 1 aliphatic heterocycles. The highest BCUT2D eigenvalue weighted by Gasteiger charge is 2.21. The summed E-state index contributed by atoms with van der Waals surface area (Å²) in [6.07, 6.45) is 2.33. The van der Waals surface area contributed by atoms with Gasteiger partial charge in [-0.05, 0) is 24.3 Å². The van der Waals surface area contributed by atoms with Gasteiger partial charge in [-0.2, -0.15) is 0 Å². The molecule has 2 aromatic carbocycles. The van der Waals surface area contributed by atoms with Crippen LogP contribution < -0.4 is 14.4 Å². The van der Waals surface area contributed by atoms with Crippen molar-refractivity contribution < 1.29 is 9.47 Å². The molecule has 0 bridgehead atoms. The Morgan fingerprint density at radius 2 is 1.48 bits per heavy atom. The Labute approximate surface area is 126 Å². The van der Waals surface area contributed by atoms with Crippen LogP contribution in [0.1, 0.15) is 12.8 Å². The molecule has 0 unspecified atom stereocenters. The molecule has 21 heavy (non-hydrogen) atoms. The number of anilines is 1. The van der Waals surface area contributed by atoms with Crippen molar-refractivity contribution in [2.24, 2.45) is 0 Å². The number of rotatable bonds is 4. The minimum atomic E-state index is 0.265. The highest BCUT2D eigenvalue weighted by Crippen LogP contribution is 2.29. The Kier molecular flexibility index (Phi) is 4.29. The molecule has 3 heteroatoms. The van der Waals surface area contributed by atoms with E-state index in [-0.39, 0.29) is 6.10 Å². The lowest BCUT2D eigenvalue weighted by atomic mass is 10.1. The zero-order valence-electron chi connectivity index (χ0n) is 12.4. The van der Waals surface area contributed by atoms with E-state index in [2.05, 4.69) is 35.2 Å². The maximum atomic E-state index is 6.11. The van der Waals surface area contributed by atoms with Gasteiger partial charge in [0.1, 0.15) is 6.10 Å². The first-order chi connectivity index (χ1) is 10.4. The number of hydrogen-bond donors (Lipinski definition) is 0. The number of methoxy groups -OCH3 is 1. The number of hydrogen-bond acceptors (Lipinski definition) is 3. The molecule has 0 aromatic heterocycles. The summed E-state index contributed by atoms with van der Waals surface area (Å²) in [5, 5.41) is 0. The number of nitrogens with zero attached hydrogens (tertiary/aromatic N) is 1. The molecule has 0 aliphatic carbocycles. The third kappa shape index (κ3) is 3.30. The molecule has 0 atom stereocenters. The van der Waals surface area contributed by atoms with Gasteiger partial charge in [0, 0.05) is 31.6 Å². The van der Waals surface area contributed by atoms with E-state index in [1.807, 2.05) is 24.3 Å². The Bertz CT molecular complexity index is 562. The molecule has 1 saturated heterocycles. The van der Waals surface area contributed by atoms with Crippen LogP contribution >= 0.6 is 0 Å². The fourth-order valence-electron chi connectivity index (χ4n) is 2.77. The van der Waals surface area contributed by atoms with Crippen LogP contribution in [0.2, 0.25) is 0 Å². The monoisotopic (exact) mass is 283 g/mol. The van der Waals surface area contributed by atoms with E-state index < -0.39 is 0 Å². The first kappa shape index (κ1) is 13.8. The third-order valence-corrected chi connectivity index (χ3v) is 3.93. The molecule has 0 N–H and O–H groups in total. The van der Waals surface area contributed by atoms with Gasteiger partial charge in [0.2, 0.25) is 0 Å². The Hall–Kier alpha value is -2.16. The van der Waals surface area contributed by atoms with E-state index >= 15 is 0 Å². The molecule has 2 aromatic rings. The summed E-state index contributed by atoms with van der Waals surface area (Å²) in [6, 6.07) is 18.4. The first-order valence-corrected chi connectivity index (χ1v) is 7.46. The molecule has 1 heterocycles. The van der Waals surface area contributed by atoms with Gasteiger partial charge < -0.3 is 14.4 Å². The largest absolute Gasteiger partial charge is 0.493 e. The third-order valence-electron chi connectivity index (χ3n) is 3.93. The lowest BCUT2D eigenvalue weighted by Crippen LogP contribution is -2.38. The average molecular weight is 283 g/mol. The van der Waals surface area contributed by atoms with Gasteiger partial charge in [-0.3, -0.25) is 0 Å². The van der Waals surface area contributed by atoms with Gasteiger partial charge in [-0.1, -0.05) is 30.3 Å². The summed E-state index contributed by atoms with van der Waals surface area (Å²) in [5.74, 6) is 1.65. The SMILES string of the molecule is COc1ccccc1OC1CCN(c2ccccc2)CC1. The smallest absolute Gasteiger partial charge is 0.161 e. The van der Waals surface area contributed by atoms with Crippen molar-refractivity contribution in [2.75, 3.05) is 25.1 Å². The second kappa shape index (κ2) is 6.53. The number of ether oxygens (including phenoxy) is 2. The van der Waals surface area contributed by atoms with Crippen molar-refractivity contribution >= 4 is 5.69 Å². The summed E-state index contributed by atoms with van der Waals surface area (Å²) >= 11 is 0. The van der Waals surface area contributed by atoms with E-state index in [0.717, 1.165) is 37.4 Å². The second-order valence-electron chi connectivity index (χ2n) is 5.29. The summed E-state index contributed by atoms with van der Waals surface area (Å²) < 4.78 is 11.5. The average Bonchev–Trinajstić information content (AvgIpc) is 2.57. The van der Waals surface area contributed by atoms with Crippen molar-refractivity contribution in [3.05, 3.63) is 54.6 Å². The van der Waals surface area contributed by atoms with Gasteiger partial charge in [0.15, 0.2) is 11.5 Å². The summed E-state index contributed by atoms with van der Waals surface area (Å²) in [4.78, 5) is 2.42. The van der Waals surface area contributed by atoms with Crippen LogP contribution in [0.15, 0.2) is 54.6 Å². The van der Waals surface area contributed by atoms with E-state index in [1.165, 1.54) is 5.69 Å². The number of piperidine rings is 1. The molecular weight excluding hydrogens is 262 g/mol. The molecule has 0 amide bonds. The zero-order valence-corrected chi connectivity index (χ0v) is 12.4. The van der Waals surface area contributed by atoms with Crippen molar-refractivity contribution in [1.82, 2.24) is 0 Å². The topological polar surface area (TPSA) is 21.7 Å².